The SMILES string of the molecule is CC[C@@H](C)[C@H](NC(=O)OC)C(=O)N1C[C@@H](C)C[C@H]1c1ncc(-c2ccc3c(c2)COc2cc4c(ccc5[nH]c([C@@H]6C[C@H](COC)CN6C(=O)OC(C)(C)C)nc54)cc2-3)[nH]1.CC[C@@H](C)[C@H](NC(=O)OC)C(=O)N1C[C@@H](C)C[C@H]1c1ncc(-c2ccc3c(c2)COc2cc4c(ccc5[nH]c([C@@H]6C[C@H](COC)CN6C(=O)[C@@H](NC(=O)O)C(C)C)nc54)cc2-3)[nH]1. The molecule has 13 atom stereocenters. The van der Waals surface area contributed by atoms with Crippen LogP contribution in [-0.2, 0) is 51.3 Å². The van der Waals surface area contributed by atoms with Gasteiger partial charge in [0, 0.05) is 74.1 Å². The number of H-pyrrole nitrogens is 4. The quantitative estimate of drug-likeness (QED) is 0.0310. The van der Waals surface area contributed by atoms with Crippen molar-refractivity contribution in [2.24, 2.45) is 41.4 Å². The van der Waals surface area contributed by atoms with Gasteiger partial charge in [0.15, 0.2) is 0 Å². The number of fused-ring (bicyclic) bond motifs is 12. The van der Waals surface area contributed by atoms with E-state index < -0.39 is 42.0 Å². The van der Waals surface area contributed by atoms with E-state index in [1.807, 2.05) is 103 Å². The normalized spacial score (nSPS) is 21.1. The topological polar surface area (TPSA) is 368 Å². The summed E-state index contributed by atoms with van der Waals surface area (Å²) in [5.74, 6) is 4.13. The molecule has 640 valence electrons. The maximum Gasteiger partial charge on any atom is 0.410 e. The fraction of sp³-hybridized carbons (Fsp3) is 0.484. The second kappa shape index (κ2) is 34.7. The van der Waals surface area contributed by atoms with E-state index >= 15 is 0 Å². The molecule has 0 radical (unpaired) electrons. The van der Waals surface area contributed by atoms with Crippen LogP contribution in [0.2, 0.25) is 0 Å². The lowest BCUT2D eigenvalue weighted by atomic mass is 9.92. The Bertz CT molecular complexity index is 5590. The van der Waals surface area contributed by atoms with E-state index in [1.54, 1.807) is 24.0 Å². The minimum absolute atomic E-state index is 0.0654. The smallest absolute Gasteiger partial charge is 0.410 e. The Morgan fingerprint density at radius 3 is 1.35 bits per heavy atom. The molecule has 0 unspecified atom stereocenters. The number of nitrogens with one attached hydrogen (secondary N) is 7. The first-order chi connectivity index (χ1) is 58.0. The van der Waals surface area contributed by atoms with Gasteiger partial charge < -0.3 is 88.9 Å². The van der Waals surface area contributed by atoms with Crippen molar-refractivity contribution in [3.05, 3.63) is 132 Å². The first-order valence-corrected chi connectivity index (χ1v) is 42.2. The molecule has 30 heteroatoms. The molecule has 0 spiro atoms. The number of alkyl carbamates (subject to hydrolysis) is 2. The number of likely N-dealkylation sites (tertiary alicyclic amines) is 4. The van der Waals surface area contributed by atoms with Gasteiger partial charge in [-0.05, 0) is 169 Å². The van der Waals surface area contributed by atoms with Crippen molar-refractivity contribution in [2.75, 3.05) is 67.8 Å². The third-order valence-electron chi connectivity index (χ3n) is 25.0. The number of amides is 7. The minimum Gasteiger partial charge on any atom is -0.488 e. The lowest BCUT2D eigenvalue weighted by Crippen LogP contribution is -2.51. The molecular weight excluding hydrogens is 1540 g/mol. The van der Waals surface area contributed by atoms with E-state index in [0.29, 0.717) is 77.1 Å². The number of carboxylic acid groups (broad SMARTS) is 1. The summed E-state index contributed by atoms with van der Waals surface area (Å²) in [6.45, 7) is 25.3. The number of aromatic nitrogens is 8. The van der Waals surface area contributed by atoms with Gasteiger partial charge in [0.2, 0.25) is 17.7 Å². The van der Waals surface area contributed by atoms with Crippen LogP contribution in [0.15, 0.2) is 97.3 Å². The van der Waals surface area contributed by atoms with E-state index in [-0.39, 0.29) is 89.4 Å². The van der Waals surface area contributed by atoms with Crippen LogP contribution < -0.4 is 25.4 Å². The summed E-state index contributed by atoms with van der Waals surface area (Å²) in [5, 5.41) is 21.4. The summed E-state index contributed by atoms with van der Waals surface area (Å²) in [6, 6.07) is 25.8. The van der Waals surface area contributed by atoms with Gasteiger partial charge in [0.1, 0.15) is 71.7 Å². The number of hydrogen-bond donors (Lipinski definition) is 8. The van der Waals surface area contributed by atoms with Gasteiger partial charge in [-0.3, -0.25) is 19.3 Å². The Morgan fingerprint density at radius 2 is 0.934 bits per heavy atom. The van der Waals surface area contributed by atoms with E-state index in [1.165, 1.54) is 14.2 Å². The van der Waals surface area contributed by atoms with Crippen LogP contribution >= 0.6 is 0 Å². The van der Waals surface area contributed by atoms with Crippen molar-refractivity contribution >= 4 is 85.7 Å². The standard InChI is InChI=1S/C46H56N8O8.C45H55N7O7/c1-8-25(5)39(52-46(59)61-7)44(56)53-19-24(4)13-35(53)41-47-18-34(49-41)28-9-11-30-29(15-28)22-62-37-17-31-27(16-32(30)37)10-12-33-40(31)50-42(48-33)36-14-26(21-60-6)20-54(36)43(55)38(23(2)3)51-45(57)58;1-9-25(3)38(50-43(54)57-8)42(53)51-20-24(2)14-35(51)40-46-19-34(48-40)28-10-12-30-29(16-28)23-58-37-18-31-27(17-32(30)37)11-13-33-39(31)49-41(47-33)36-15-26(22-56-7)21-52(36)44(55)59-45(4,5)6/h9-12,15-18,23-26,35-36,38-39,51H,8,13-14,19-22H2,1-7H3,(H,47,49)(H,48,50)(H,52,59)(H,57,58);10-13,16-19,24-26,35-36,38H,9,14-15,20-23H2,1-8H3,(H,46,48)(H,47,49)(H,50,54)/t24-,25+,26-,35-,36-,38-,39-;24-,25+,26-,35-,36-,38-/m00/s1. The van der Waals surface area contributed by atoms with Gasteiger partial charge in [0.05, 0.1) is 97.4 Å². The van der Waals surface area contributed by atoms with Crippen molar-refractivity contribution < 1.29 is 71.8 Å². The van der Waals surface area contributed by atoms with Crippen LogP contribution in [0.5, 0.6) is 11.5 Å². The molecule has 121 heavy (non-hydrogen) atoms. The third-order valence-corrected chi connectivity index (χ3v) is 25.0. The highest BCUT2D eigenvalue weighted by Crippen LogP contribution is 2.48. The lowest BCUT2D eigenvalue weighted by Gasteiger charge is -2.30. The average Bonchev–Trinajstić information content (AvgIpc) is 1.71. The molecule has 0 aliphatic carbocycles. The van der Waals surface area contributed by atoms with E-state index in [0.717, 1.165) is 148 Å². The monoisotopic (exact) mass is 1650 g/mol. The first-order valence-electron chi connectivity index (χ1n) is 42.2. The van der Waals surface area contributed by atoms with Crippen LogP contribution in [0.4, 0.5) is 19.2 Å². The maximum atomic E-state index is 14.0. The number of nitrogens with zero attached hydrogens (tertiary/aromatic N) is 8. The number of methoxy groups -OCH3 is 4. The molecule has 0 saturated carbocycles. The molecule has 4 aromatic heterocycles. The zero-order valence-corrected chi connectivity index (χ0v) is 71.5. The Labute approximate surface area is 702 Å². The van der Waals surface area contributed by atoms with Gasteiger partial charge in [-0.1, -0.05) is 105 Å². The minimum atomic E-state index is -1.24. The zero-order chi connectivity index (χ0) is 85.7. The fourth-order valence-corrected chi connectivity index (χ4v) is 18.4. The molecule has 4 saturated heterocycles. The van der Waals surface area contributed by atoms with Crippen molar-refractivity contribution in [1.29, 1.82) is 0 Å². The van der Waals surface area contributed by atoms with Crippen LogP contribution in [0.1, 0.15) is 173 Å². The van der Waals surface area contributed by atoms with Crippen molar-refractivity contribution in [2.45, 2.75) is 176 Å². The molecule has 10 heterocycles. The second-order valence-corrected chi connectivity index (χ2v) is 35.1. The average molecular weight is 1650 g/mol. The third kappa shape index (κ3) is 17.1. The van der Waals surface area contributed by atoms with E-state index in [2.05, 4.69) is 116 Å². The highest BCUT2D eigenvalue weighted by atomic mass is 16.6. The van der Waals surface area contributed by atoms with Crippen molar-refractivity contribution in [3.8, 4) is 56.3 Å². The Hall–Kier alpha value is -11.8. The van der Waals surface area contributed by atoms with Crippen molar-refractivity contribution in [3.63, 3.8) is 0 Å². The largest absolute Gasteiger partial charge is 0.488 e. The summed E-state index contributed by atoms with van der Waals surface area (Å²) in [6.07, 6.45) is 5.10. The van der Waals surface area contributed by atoms with Gasteiger partial charge in [0.25, 0.3) is 0 Å². The first kappa shape index (κ1) is 84.2. The number of benzene rings is 6. The summed E-state index contributed by atoms with van der Waals surface area (Å²) >= 11 is 0. The maximum absolute atomic E-state index is 14.0. The van der Waals surface area contributed by atoms with Crippen LogP contribution in [0, 0.1) is 41.4 Å². The molecule has 6 aliphatic heterocycles. The molecule has 6 aliphatic rings. The molecule has 7 amide bonds. The molecule has 16 rings (SSSR count). The summed E-state index contributed by atoms with van der Waals surface area (Å²) in [7, 11) is 5.93. The number of carbonyl (C=O) groups is 7. The fourth-order valence-electron chi connectivity index (χ4n) is 18.4. The second-order valence-electron chi connectivity index (χ2n) is 35.1. The van der Waals surface area contributed by atoms with Gasteiger partial charge in [-0.2, -0.15) is 0 Å². The summed E-state index contributed by atoms with van der Waals surface area (Å²) < 4.78 is 39.3. The Morgan fingerprint density at radius 1 is 0.512 bits per heavy atom. The predicted molar refractivity (Wildman–Crippen MR) is 456 cm³/mol. The van der Waals surface area contributed by atoms with Gasteiger partial charge in [-0.25, -0.2) is 39.1 Å². The van der Waals surface area contributed by atoms with Crippen LogP contribution in [0.25, 0.3) is 88.4 Å². The molecular formula is C91H111N15O15. The highest BCUT2D eigenvalue weighted by molar-refractivity contribution is 6.08. The number of hydrogen-bond acceptors (Lipinski definition) is 18. The Balaban J connectivity index is 0.000000188. The molecule has 10 aromatic rings. The van der Waals surface area contributed by atoms with Gasteiger partial charge >= 0.3 is 24.4 Å². The van der Waals surface area contributed by atoms with Gasteiger partial charge in [-0.15, -0.1) is 0 Å². The number of aromatic amines is 4. The number of ether oxygens (including phenoxy) is 7. The summed E-state index contributed by atoms with van der Waals surface area (Å²) in [5.41, 5.74) is 12.5. The zero-order valence-electron chi connectivity index (χ0n) is 71.5. The molecule has 4 fully saturated rings. The number of imidazole rings is 4. The highest BCUT2D eigenvalue weighted by Gasteiger charge is 2.46. The van der Waals surface area contributed by atoms with E-state index in [4.69, 9.17) is 53.1 Å². The molecule has 8 N–H and O–H groups in total. The summed E-state index contributed by atoms with van der Waals surface area (Å²) in [4.78, 5) is 132. The molecule has 0 bridgehead atoms. The van der Waals surface area contributed by atoms with Crippen molar-refractivity contribution in [1.82, 2.24) is 75.4 Å². The number of rotatable bonds is 21. The predicted octanol–water partition coefficient (Wildman–Crippen LogP) is 15.5. The van der Waals surface area contributed by atoms with E-state index in [9.17, 15) is 38.7 Å². The van der Waals surface area contributed by atoms with Crippen LogP contribution in [-0.4, -0.2) is 198 Å². The lowest BCUT2D eigenvalue weighted by molar-refractivity contribution is -0.136. The number of carbonyl (C=O) groups excluding carboxylic acids is 6. The molecule has 6 aromatic carbocycles. The molecule has 30 nitrogen and oxygen atoms in total. The Kier molecular flexibility index (Phi) is 24.2. The van der Waals surface area contributed by atoms with Crippen LogP contribution in [0.3, 0.4) is 0 Å².